The molecule has 1 aromatic heterocycles. The largest absolute Gasteiger partial charge is 0.541 e. The summed E-state index contributed by atoms with van der Waals surface area (Å²) in [6.45, 7) is 8.19. The maximum atomic E-state index is 5.90. The lowest BCUT2D eigenvalue weighted by Crippen LogP contribution is -2.11. The second-order valence-corrected chi connectivity index (χ2v) is 6.79. The van der Waals surface area contributed by atoms with Gasteiger partial charge in [0.25, 0.3) is 9.04 Å². The Bertz CT molecular complexity index is 612. The Labute approximate surface area is 121 Å². The normalized spacial score (nSPS) is 11.8. The van der Waals surface area contributed by atoms with E-state index >= 15 is 0 Å². The fourth-order valence-electron chi connectivity index (χ4n) is 1.74. The highest BCUT2D eigenvalue weighted by molar-refractivity contribution is 6.49. The number of aliphatic imine (C=N–C) groups is 1. The zero-order valence-electron chi connectivity index (χ0n) is 12.2. The minimum Gasteiger partial charge on any atom is -0.541 e. The topological polar surface area (TPSA) is 47.4 Å². The molecule has 0 amide bonds. The van der Waals surface area contributed by atoms with Gasteiger partial charge >= 0.3 is 0 Å². The Morgan fingerprint density at radius 2 is 2.05 bits per heavy atom. The van der Waals surface area contributed by atoms with Gasteiger partial charge in [0.1, 0.15) is 17.1 Å². The van der Waals surface area contributed by atoms with Crippen molar-refractivity contribution in [2.24, 2.45) is 4.99 Å². The van der Waals surface area contributed by atoms with Crippen molar-refractivity contribution in [2.45, 2.75) is 26.9 Å². The van der Waals surface area contributed by atoms with E-state index in [0.29, 0.717) is 0 Å². The lowest BCUT2D eigenvalue weighted by atomic mass is 10.2. The van der Waals surface area contributed by atoms with Crippen molar-refractivity contribution in [3.8, 4) is 5.75 Å². The minimum atomic E-state index is -0.818. The molecule has 0 aliphatic heterocycles. The van der Waals surface area contributed by atoms with Crippen LogP contribution in [0.3, 0.4) is 0 Å². The molecule has 0 aliphatic carbocycles. The van der Waals surface area contributed by atoms with Gasteiger partial charge in [-0.25, -0.2) is 4.99 Å². The third kappa shape index (κ3) is 3.74. The number of benzene rings is 1. The first-order chi connectivity index (χ1) is 9.56. The van der Waals surface area contributed by atoms with Gasteiger partial charge in [0, 0.05) is 12.4 Å². The number of aromatic nitrogens is 2. The van der Waals surface area contributed by atoms with Crippen molar-refractivity contribution in [1.82, 2.24) is 9.97 Å². The van der Waals surface area contributed by atoms with Gasteiger partial charge in [-0.2, -0.15) is 0 Å². The summed E-state index contributed by atoms with van der Waals surface area (Å²) in [5.41, 5.74) is 3.61. The molecular weight excluding hydrogens is 266 g/mol. The molecule has 2 rings (SSSR count). The second-order valence-electron chi connectivity index (χ2n) is 4.77. The van der Waals surface area contributed by atoms with Crippen LogP contribution < -0.4 is 4.43 Å². The molecule has 0 unspecified atom stereocenters. The van der Waals surface area contributed by atoms with Crippen LogP contribution in [-0.4, -0.2) is 24.7 Å². The third-order valence-electron chi connectivity index (χ3n) is 2.65. The number of aryl methyl sites for hydroxylation is 1. The van der Waals surface area contributed by atoms with Crippen LogP contribution in [0.5, 0.6) is 5.75 Å². The monoisotopic (exact) mass is 284 g/mol. The second kappa shape index (κ2) is 6.43. The molecule has 0 aliphatic rings. The SMILES string of the molecule is CC(=Nc1cc(C)ccc1O[Si](C)C)c1cnccn1. The molecular formula is C15H18N3OSi. The van der Waals surface area contributed by atoms with Crippen molar-refractivity contribution in [3.63, 3.8) is 0 Å². The predicted octanol–water partition coefficient (Wildman–Crippen LogP) is 3.56. The highest BCUT2D eigenvalue weighted by Gasteiger charge is 2.08. The van der Waals surface area contributed by atoms with Crippen LogP contribution in [0.2, 0.25) is 13.1 Å². The Morgan fingerprint density at radius 3 is 2.70 bits per heavy atom. The summed E-state index contributed by atoms with van der Waals surface area (Å²) < 4.78 is 5.90. The molecule has 1 aromatic carbocycles. The van der Waals surface area contributed by atoms with Crippen LogP contribution in [0, 0.1) is 6.92 Å². The summed E-state index contributed by atoms with van der Waals surface area (Å²) in [6.07, 6.45) is 5.03. The first-order valence-corrected chi connectivity index (χ1v) is 8.87. The minimum absolute atomic E-state index is 0.776. The van der Waals surface area contributed by atoms with Crippen LogP contribution in [0.25, 0.3) is 0 Å². The van der Waals surface area contributed by atoms with Gasteiger partial charge in [-0.05, 0) is 44.6 Å². The predicted molar refractivity (Wildman–Crippen MR) is 83.2 cm³/mol. The molecule has 1 radical (unpaired) electrons. The molecule has 20 heavy (non-hydrogen) atoms. The number of hydrogen-bond donors (Lipinski definition) is 0. The molecule has 103 valence electrons. The smallest absolute Gasteiger partial charge is 0.274 e. The van der Waals surface area contributed by atoms with Crippen LogP contribution in [0.15, 0.2) is 41.8 Å². The quantitative estimate of drug-likeness (QED) is 0.637. The molecule has 0 saturated carbocycles. The van der Waals surface area contributed by atoms with Crippen LogP contribution in [-0.2, 0) is 0 Å². The fraction of sp³-hybridized carbons (Fsp3) is 0.267. The van der Waals surface area contributed by atoms with E-state index in [9.17, 15) is 0 Å². The molecule has 5 heteroatoms. The zero-order chi connectivity index (χ0) is 14.5. The van der Waals surface area contributed by atoms with E-state index in [1.54, 1.807) is 18.6 Å². The Kier molecular flexibility index (Phi) is 4.63. The van der Waals surface area contributed by atoms with Gasteiger partial charge in [-0.15, -0.1) is 0 Å². The van der Waals surface area contributed by atoms with Crippen molar-refractivity contribution in [1.29, 1.82) is 0 Å². The van der Waals surface area contributed by atoms with Crippen LogP contribution >= 0.6 is 0 Å². The number of rotatable bonds is 4. The Morgan fingerprint density at radius 1 is 1.25 bits per heavy atom. The highest BCUT2D eigenvalue weighted by Crippen LogP contribution is 2.29. The van der Waals surface area contributed by atoms with Gasteiger partial charge in [0.2, 0.25) is 0 Å². The van der Waals surface area contributed by atoms with Crippen molar-refractivity contribution >= 4 is 20.4 Å². The van der Waals surface area contributed by atoms with E-state index in [0.717, 1.165) is 28.4 Å². The van der Waals surface area contributed by atoms with E-state index in [4.69, 9.17) is 4.43 Å². The molecule has 4 nitrogen and oxygen atoms in total. The summed E-state index contributed by atoms with van der Waals surface area (Å²) >= 11 is 0. The van der Waals surface area contributed by atoms with Crippen molar-refractivity contribution in [2.75, 3.05) is 0 Å². The summed E-state index contributed by atoms with van der Waals surface area (Å²) in [5.74, 6) is 0.831. The molecule has 2 aromatic rings. The molecule has 0 saturated heterocycles. The molecule has 0 spiro atoms. The summed E-state index contributed by atoms with van der Waals surface area (Å²) in [4.78, 5) is 13.0. The molecule has 0 fully saturated rings. The van der Waals surface area contributed by atoms with E-state index in [1.165, 1.54) is 0 Å². The average Bonchev–Trinajstić information content (AvgIpc) is 2.42. The van der Waals surface area contributed by atoms with Gasteiger partial charge in [0.05, 0.1) is 11.9 Å². The van der Waals surface area contributed by atoms with Gasteiger partial charge in [-0.3, -0.25) is 9.97 Å². The maximum Gasteiger partial charge on any atom is 0.274 e. The van der Waals surface area contributed by atoms with Crippen molar-refractivity contribution < 1.29 is 4.43 Å². The lowest BCUT2D eigenvalue weighted by molar-refractivity contribution is 0.582. The number of hydrogen-bond acceptors (Lipinski definition) is 4. The van der Waals surface area contributed by atoms with Crippen LogP contribution in [0.4, 0.5) is 5.69 Å². The molecule has 0 N–H and O–H groups in total. The van der Waals surface area contributed by atoms with E-state index in [2.05, 4.69) is 28.1 Å². The van der Waals surface area contributed by atoms with E-state index in [1.807, 2.05) is 32.0 Å². The Balaban J connectivity index is 2.39. The summed E-state index contributed by atoms with van der Waals surface area (Å²) in [7, 11) is -0.818. The Hall–Kier alpha value is -2.01. The lowest BCUT2D eigenvalue weighted by Gasteiger charge is -2.12. The summed E-state index contributed by atoms with van der Waals surface area (Å²) in [6, 6.07) is 6.05. The van der Waals surface area contributed by atoms with Crippen LogP contribution in [0.1, 0.15) is 18.2 Å². The maximum absolute atomic E-state index is 5.90. The van der Waals surface area contributed by atoms with Gasteiger partial charge in [0.15, 0.2) is 0 Å². The van der Waals surface area contributed by atoms with E-state index in [-0.39, 0.29) is 0 Å². The van der Waals surface area contributed by atoms with Gasteiger partial charge < -0.3 is 4.43 Å². The highest BCUT2D eigenvalue weighted by atomic mass is 28.3. The molecule has 0 bridgehead atoms. The number of nitrogens with zero attached hydrogens (tertiary/aromatic N) is 3. The van der Waals surface area contributed by atoms with E-state index < -0.39 is 9.04 Å². The molecule has 1 heterocycles. The van der Waals surface area contributed by atoms with Crippen molar-refractivity contribution in [3.05, 3.63) is 48.0 Å². The van der Waals surface area contributed by atoms with Gasteiger partial charge in [-0.1, -0.05) is 6.07 Å². The fourth-order valence-corrected chi connectivity index (χ4v) is 2.36. The first-order valence-electron chi connectivity index (χ1n) is 6.46. The third-order valence-corrected chi connectivity index (χ3v) is 3.28. The first kappa shape index (κ1) is 14.4. The molecule has 0 atom stereocenters. The summed E-state index contributed by atoms with van der Waals surface area (Å²) in [5, 5.41) is 0. The average molecular weight is 284 g/mol. The standard InChI is InChI=1S/C15H18N3OSi/c1-11-5-6-15(19-20(3)4)13(9-11)18-12(2)14-10-16-7-8-17-14/h5-10H,1-4H3. The zero-order valence-corrected chi connectivity index (χ0v) is 13.2.